The number of amides is 2. The smallest absolute Gasteiger partial charge is 0.246 e. The van der Waals surface area contributed by atoms with Crippen molar-refractivity contribution in [2.24, 2.45) is 0 Å². The van der Waals surface area contributed by atoms with Gasteiger partial charge in [-0.3, -0.25) is 14.6 Å². The molecule has 21 heavy (non-hydrogen) atoms. The Bertz CT molecular complexity index is 512. The van der Waals surface area contributed by atoms with Crippen LogP contribution in [-0.2, 0) is 16.1 Å². The van der Waals surface area contributed by atoms with Crippen molar-refractivity contribution >= 4 is 11.8 Å². The normalized spacial score (nSPS) is 21.3. The van der Waals surface area contributed by atoms with Gasteiger partial charge in [0.05, 0.1) is 0 Å². The summed E-state index contributed by atoms with van der Waals surface area (Å²) in [6.07, 6.45) is 5.26. The quantitative estimate of drug-likeness (QED) is 0.900. The van der Waals surface area contributed by atoms with Crippen LogP contribution >= 0.6 is 0 Å². The van der Waals surface area contributed by atoms with Gasteiger partial charge in [0.2, 0.25) is 11.8 Å². The average Bonchev–Trinajstić information content (AvgIpc) is 2.52. The van der Waals surface area contributed by atoms with E-state index in [0.29, 0.717) is 25.8 Å². The first kappa shape index (κ1) is 15.5. The van der Waals surface area contributed by atoms with E-state index in [2.05, 4.69) is 10.3 Å². The lowest BCUT2D eigenvalue weighted by Gasteiger charge is -2.47. The predicted octanol–water partition coefficient (Wildman–Crippen LogP) is 1.88. The van der Waals surface area contributed by atoms with Crippen LogP contribution in [0.1, 0.15) is 45.6 Å². The van der Waals surface area contributed by atoms with E-state index in [1.54, 1.807) is 17.3 Å². The van der Waals surface area contributed by atoms with Gasteiger partial charge in [-0.25, -0.2) is 0 Å². The largest absolute Gasteiger partial charge is 0.342 e. The van der Waals surface area contributed by atoms with Crippen LogP contribution in [0.2, 0.25) is 0 Å². The number of piperazine rings is 1. The molecule has 0 aromatic carbocycles. The molecule has 114 valence electrons. The van der Waals surface area contributed by atoms with Crippen LogP contribution in [0.5, 0.6) is 0 Å². The third-order valence-electron chi connectivity index (χ3n) is 4.48. The van der Waals surface area contributed by atoms with Gasteiger partial charge in [-0.2, -0.15) is 0 Å². The molecule has 2 heterocycles. The van der Waals surface area contributed by atoms with Gasteiger partial charge in [0.25, 0.3) is 0 Å². The molecule has 1 unspecified atom stereocenters. The highest BCUT2D eigenvalue weighted by molar-refractivity contribution is 5.99. The summed E-state index contributed by atoms with van der Waals surface area (Å²) in [5.74, 6) is -0.0226. The maximum absolute atomic E-state index is 12.7. The van der Waals surface area contributed by atoms with Gasteiger partial charge in [-0.05, 0) is 37.0 Å². The fourth-order valence-electron chi connectivity index (χ4n) is 3.01. The van der Waals surface area contributed by atoms with Crippen molar-refractivity contribution in [2.45, 2.75) is 58.2 Å². The van der Waals surface area contributed by atoms with Crippen LogP contribution < -0.4 is 5.32 Å². The van der Waals surface area contributed by atoms with Crippen molar-refractivity contribution in [3.8, 4) is 0 Å². The molecular formula is C16H23N3O2. The summed E-state index contributed by atoms with van der Waals surface area (Å²) in [7, 11) is 0. The molecule has 1 aromatic rings. The third-order valence-corrected chi connectivity index (χ3v) is 4.48. The van der Waals surface area contributed by atoms with Gasteiger partial charge in [-0.1, -0.05) is 20.8 Å². The summed E-state index contributed by atoms with van der Waals surface area (Å²) >= 11 is 0. The van der Waals surface area contributed by atoms with Gasteiger partial charge < -0.3 is 10.2 Å². The second-order valence-electron chi connectivity index (χ2n) is 5.45. The second kappa shape index (κ2) is 6.24. The molecule has 1 fully saturated rings. The number of hydrogen-bond donors (Lipinski definition) is 1. The number of rotatable bonds is 5. The molecule has 1 aromatic heterocycles. The van der Waals surface area contributed by atoms with E-state index in [-0.39, 0.29) is 11.8 Å². The summed E-state index contributed by atoms with van der Waals surface area (Å²) in [5.41, 5.74) is 0.251. The average molecular weight is 289 g/mol. The van der Waals surface area contributed by atoms with Gasteiger partial charge in [-0.15, -0.1) is 0 Å². The number of carbonyl (C=O) groups is 2. The van der Waals surface area contributed by atoms with Gasteiger partial charge in [0.15, 0.2) is 0 Å². The van der Waals surface area contributed by atoms with E-state index < -0.39 is 11.6 Å². The molecular weight excluding hydrogens is 266 g/mol. The SMILES string of the molecule is CCC1NC(=O)C(CC)(CC)N(Cc2ccncc2)C1=O. The summed E-state index contributed by atoms with van der Waals surface area (Å²) in [6.45, 7) is 6.29. The lowest BCUT2D eigenvalue weighted by molar-refractivity contribution is -0.159. The standard InChI is InChI=1S/C16H23N3O2/c1-4-13-14(20)19(11-12-7-9-17-10-8-12)16(5-2,6-3)15(21)18-13/h7-10,13H,4-6,11H2,1-3H3,(H,18,21). The van der Waals surface area contributed by atoms with E-state index >= 15 is 0 Å². The number of pyridine rings is 1. The Morgan fingerprint density at radius 1 is 1.19 bits per heavy atom. The molecule has 0 aliphatic carbocycles. The van der Waals surface area contributed by atoms with Crippen molar-refractivity contribution in [1.29, 1.82) is 0 Å². The number of nitrogens with zero attached hydrogens (tertiary/aromatic N) is 2. The zero-order valence-corrected chi connectivity index (χ0v) is 12.9. The summed E-state index contributed by atoms with van der Waals surface area (Å²) in [5, 5.41) is 2.88. The first-order valence-corrected chi connectivity index (χ1v) is 7.60. The Labute approximate surface area is 125 Å². The number of aromatic nitrogens is 1. The maximum atomic E-state index is 12.7. The van der Waals surface area contributed by atoms with Crippen LogP contribution in [-0.4, -0.2) is 33.3 Å². The Morgan fingerprint density at radius 3 is 2.33 bits per heavy atom. The zero-order chi connectivity index (χ0) is 15.5. The highest BCUT2D eigenvalue weighted by Gasteiger charge is 2.49. The topological polar surface area (TPSA) is 62.3 Å². The Morgan fingerprint density at radius 2 is 1.81 bits per heavy atom. The highest BCUT2D eigenvalue weighted by atomic mass is 16.2. The van der Waals surface area contributed by atoms with Crippen LogP contribution in [0.4, 0.5) is 0 Å². The molecule has 2 amide bonds. The minimum absolute atomic E-state index is 0.0117. The predicted molar refractivity (Wildman–Crippen MR) is 80.3 cm³/mol. The lowest BCUT2D eigenvalue weighted by Crippen LogP contribution is -2.69. The van der Waals surface area contributed by atoms with Gasteiger partial charge in [0.1, 0.15) is 11.6 Å². The molecule has 1 saturated heterocycles. The molecule has 0 bridgehead atoms. The van der Waals surface area contributed by atoms with Crippen molar-refractivity contribution in [3.05, 3.63) is 30.1 Å². The first-order chi connectivity index (χ1) is 10.1. The highest BCUT2D eigenvalue weighted by Crippen LogP contribution is 2.31. The minimum atomic E-state index is -0.744. The molecule has 0 spiro atoms. The molecule has 5 heteroatoms. The van der Waals surface area contributed by atoms with E-state index in [1.807, 2.05) is 32.9 Å². The molecule has 0 saturated carbocycles. The molecule has 1 N–H and O–H groups in total. The van der Waals surface area contributed by atoms with Crippen LogP contribution in [0.3, 0.4) is 0 Å². The van der Waals surface area contributed by atoms with E-state index in [0.717, 1.165) is 5.56 Å². The summed E-state index contributed by atoms with van der Waals surface area (Å²) < 4.78 is 0. The van der Waals surface area contributed by atoms with Gasteiger partial charge in [0, 0.05) is 18.9 Å². The molecule has 1 aliphatic rings. The number of nitrogens with one attached hydrogen (secondary N) is 1. The van der Waals surface area contributed by atoms with Crippen LogP contribution in [0.25, 0.3) is 0 Å². The maximum Gasteiger partial charge on any atom is 0.246 e. The third kappa shape index (κ3) is 2.64. The minimum Gasteiger partial charge on any atom is -0.342 e. The zero-order valence-electron chi connectivity index (χ0n) is 12.9. The van der Waals surface area contributed by atoms with Crippen LogP contribution in [0.15, 0.2) is 24.5 Å². The lowest BCUT2D eigenvalue weighted by atomic mass is 9.85. The van der Waals surface area contributed by atoms with E-state index in [1.165, 1.54) is 0 Å². The van der Waals surface area contributed by atoms with E-state index in [4.69, 9.17) is 0 Å². The Hall–Kier alpha value is -1.91. The molecule has 1 aliphatic heterocycles. The number of carbonyl (C=O) groups excluding carboxylic acids is 2. The first-order valence-electron chi connectivity index (χ1n) is 7.60. The van der Waals surface area contributed by atoms with E-state index in [9.17, 15) is 9.59 Å². The summed E-state index contributed by atoms with van der Waals surface area (Å²) in [6, 6.07) is 3.36. The molecule has 0 radical (unpaired) electrons. The van der Waals surface area contributed by atoms with Crippen LogP contribution in [0, 0.1) is 0 Å². The fourth-order valence-corrected chi connectivity index (χ4v) is 3.01. The molecule has 5 nitrogen and oxygen atoms in total. The van der Waals surface area contributed by atoms with Gasteiger partial charge >= 0.3 is 0 Å². The van der Waals surface area contributed by atoms with Crippen molar-refractivity contribution < 1.29 is 9.59 Å². The Kier molecular flexibility index (Phi) is 4.60. The summed E-state index contributed by atoms with van der Waals surface area (Å²) in [4.78, 5) is 31.1. The second-order valence-corrected chi connectivity index (χ2v) is 5.45. The Balaban J connectivity index is 2.38. The van der Waals surface area contributed by atoms with Crippen molar-refractivity contribution in [1.82, 2.24) is 15.2 Å². The molecule has 2 rings (SSSR count). The number of hydrogen-bond acceptors (Lipinski definition) is 3. The molecule has 1 atom stereocenters. The fraction of sp³-hybridized carbons (Fsp3) is 0.562. The van der Waals surface area contributed by atoms with Crippen molar-refractivity contribution in [3.63, 3.8) is 0 Å². The monoisotopic (exact) mass is 289 g/mol. The van der Waals surface area contributed by atoms with Crippen molar-refractivity contribution in [2.75, 3.05) is 0 Å².